The zero-order valence-electron chi connectivity index (χ0n) is 14.9. The number of nitrogens with zero attached hydrogens (tertiary/aromatic N) is 1. The molecule has 0 atom stereocenters. The van der Waals surface area contributed by atoms with Crippen LogP contribution in [0.15, 0.2) is 36.4 Å². The Balaban J connectivity index is 1.77. The van der Waals surface area contributed by atoms with E-state index < -0.39 is 5.97 Å². The molecule has 0 aliphatic carbocycles. The lowest BCUT2D eigenvalue weighted by molar-refractivity contribution is -0.133. The summed E-state index contributed by atoms with van der Waals surface area (Å²) in [4.78, 5) is 26.0. The van der Waals surface area contributed by atoms with E-state index in [0.29, 0.717) is 22.9 Å². The number of aryl methyl sites for hydroxylation is 1. The molecule has 136 valence electrons. The third kappa shape index (κ3) is 3.72. The fourth-order valence-electron chi connectivity index (χ4n) is 2.76. The van der Waals surface area contributed by atoms with Gasteiger partial charge in [-0.3, -0.25) is 4.79 Å². The maximum atomic E-state index is 12.5. The number of fused-ring (bicyclic) bond motifs is 1. The Morgan fingerprint density at radius 3 is 2.73 bits per heavy atom. The fraction of sp³-hybridized carbons (Fsp3) is 0.263. The predicted molar refractivity (Wildman–Crippen MR) is 97.2 cm³/mol. The summed E-state index contributed by atoms with van der Waals surface area (Å²) in [6.45, 7) is 1.97. The quantitative estimate of drug-likeness (QED) is 0.655. The van der Waals surface area contributed by atoms with Crippen LogP contribution in [0.5, 0.6) is 17.2 Å². The molecule has 1 heterocycles. The van der Waals surface area contributed by atoms with E-state index in [1.807, 2.05) is 19.1 Å². The lowest BCUT2D eigenvalue weighted by atomic mass is 10.1. The van der Waals surface area contributed by atoms with Crippen molar-refractivity contribution in [1.82, 2.24) is 0 Å². The van der Waals surface area contributed by atoms with Gasteiger partial charge in [0.1, 0.15) is 18.0 Å². The molecule has 0 aromatic heterocycles. The number of hydrogen-bond acceptors (Lipinski definition) is 6. The Morgan fingerprint density at radius 1 is 1.19 bits per heavy atom. The highest BCUT2D eigenvalue weighted by atomic mass is 16.5. The van der Waals surface area contributed by atoms with E-state index in [-0.39, 0.29) is 19.0 Å². The molecule has 26 heavy (non-hydrogen) atoms. The zero-order valence-corrected chi connectivity index (χ0v) is 14.9. The zero-order chi connectivity index (χ0) is 18.7. The van der Waals surface area contributed by atoms with Gasteiger partial charge in [-0.05, 0) is 36.8 Å². The van der Waals surface area contributed by atoms with Gasteiger partial charge in [0, 0.05) is 6.07 Å². The Kier molecular flexibility index (Phi) is 4.97. The number of carbonyl (C=O) groups is 2. The molecule has 0 bridgehead atoms. The second-order valence-electron chi connectivity index (χ2n) is 5.92. The summed E-state index contributed by atoms with van der Waals surface area (Å²) in [5, 5.41) is 2.81. The third-order valence-corrected chi connectivity index (χ3v) is 4.02. The molecule has 2 aromatic carbocycles. The Hall–Kier alpha value is -3.22. The summed E-state index contributed by atoms with van der Waals surface area (Å²) < 4.78 is 15.7. The highest BCUT2D eigenvalue weighted by molar-refractivity contribution is 5.97. The Labute approximate surface area is 151 Å². The van der Waals surface area contributed by atoms with E-state index in [2.05, 4.69) is 5.32 Å². The number of anilines is 2. The van der Waals surface area contributed by atoms with Crippen LogP contribution in [0.2, 0.25) is 0 Å². The monoisotopic (exact) mass is 356 g/mol. The molecule has 0 saturated carbocycles. The molecule has 0 spiro atoms. The van der Waals surface area contributed by atoms with Gasteiger partial charge in [0.25, 0.3) is 0 Å². The van der Waals surface area contributed by atoms with E-state index >= 15 is 0 Å². The molecular weight excluding hydrogens is 336 g/mol. The van der Waals surface area contributed by atoms with Gasteiger partial charge in [0.05, 0.1) is 32.1 Å². The first kappa shape index (κ1) is 17.6. The van der Waals surface area contributed by atoms with Crippen LogP contribution in [0.1, 0.15) is 5.56 Å². The molecular formula is C19H20N2O5. The van der Waals surface area contributed by atoms with Crippen molar-refractivity contribution in [2.75, 3.05) is 37.5 Å². The summed E-state index contributed by atoms with van der Waals surface area (Å²) in [5.74, 6) is 0.920. The van der Waals surface area contributed by atoms with Crippen molar-refractivity contribution in [3.63, 3.8) is 0 Å². The average Bonchev–Trinajstić information content (AvgIpc) is 2.62. The second-order valence-corrected chi connectivity index (χ2v) is 5.92. The van der Waals surface area contributed by atoms with Gasteiger partial charge < -0.3 is 24.4 Å². The molecule has 1 N–H and O–H groups in total. The molecule has 7 nitrogen and oxygen atoms in total. The number of rotatable bonds is 5. The van der Waals surface area contributed by atoms with Crippen molar-refractivity contribution in [3.05, 3.63) is 42.0 Å². The minimum atomic E-state index is -0.392. The summed E-state index contributed by atoms with van der Waals surface area (Å²) in [7, 11) is 3.08. The molecule has 1 aliphatic rings. The molecule has 1 amide bonds. The smallest absolute Gasteiger partial charge is 0.331 e. The number of methoxy groups -OCH3 is 2. The van der Waals surface area contributed by atoms with Gasteiger partial charge in [0.2, 0.25) is 5.91 Å². The van der Waals surface area contributed by atoms with E-state index in [9.17, 15) is 9.59 Å². The summed E-state index contributed by atoms with van der Waals surface area (Å²) in [6, 6.07) is 10.6. The largest absolute Gasteiger partial charge is 0.497 e. The van der Waals surface area contributed by atoms with Crippen LogP contribution in [-0.4, -0.2) is 39.2 Å². The minimum absolute atomic E-state index is 0.0146. The summed E-state index contributed by atoms with van der Waals surface area (Å²) in [5.41, 5.74) is 2.27. The van der Waals surface area contributed by atoms with Gasteiger partial charge in [-0.2, -0.15) is 0 Å². The van der Waals surface area contributed by atoms with Crippen molar-refractivity contribution < 1.29 is 23.8 Å². The number of hydrogen-bond donors (Lipinski definition) is 1. The lowest BCUT2D eigenvalue weighted by Crippen LogP contribution is -2.41. The molecule has 3 rings (SSSR count). The first-order chi connectivity index (χ1) is 12.5. The number of ether oxygens (including phenoxy) is 3. The van der Waals surface area contributed by atoms with Gasteiger partial charge >= 0.3 is 5.97 Å². The van der Waals surface area contributed by atoms with Crippen molar-refractivity contribution >= 4 is 23.3 Å². The van der Waals surface area contributed by atoms with Crippen molar-refractivity contribution in [2.45, 2.75) is 6.92 Å². The normalized spacial score (nSPS) is 12.9. The first-order valence-corrected chi connectivity index (χ1v) is 8.08. The van der Waals surface area contributed by atoms with Crippen LogP contribution < -0.4 is 24.4 Å². The Morgan fingerprint density at radius 2 is 2.00 bits per heavy atom. The number of carbonyl (C=O) groups excluding carboxylic acids is 2. The molecule has 0 fully saturated rings. The second kappa shape index (κ2) is 7.35. The fourth-order valence-corrected chi connectivity index (χ4v) is 2.76. The number of amides is 1. The maximum Gasteiger partial charge on any atom is 0.331 e. The molecule has 2 aromatic rings. The standard InChI is InChI=1S/C19H20N2O5/c1-12-4-7-16-15(8-12)21(11-19(23)26-16)10-18(22)20-14-6-5-13(24-2)9-17(14)25-3/h4-9H,10-11H2,1-3H3,(H,20,22). The number of benzene rings is 2. The van der Waals surface area contributed by atoms with Crippen LogP contribution >= 0.6 is 0 Å². The first-order valence-electron chi connectivity index (χ1n) is 8.08. The molecule has 0 saturated heterocycles. The maximum absolute atomic E-state index is 12.5. The molecule has 0 radical (unpaired) electrons. The van der Waals surface area contributed by atoms with Gasteiger partial charge in [-0.15, -0.1) is 0 Å². The van der Waals surface area contributed by atoms with E-state index in [0.717, 1.165) is 11.3 Å². The molecule has 7 heteroatoms. The van der Waals surface area contributed by atoms with Gasteiger partial charge in [0.15, 0.2) is 5.75 Å². The van der Waals surface area contributed by atoms with Crippen LogP contribution in [-0.2, 0) is 9.59 Å². The number of nitrogens with one attached hydrogen (secondary N) is 1. The van der Waals surface area contributed by atoms with Crippen LogP contribution in [0.25, 0.3) is 0 Å². The molecule has 1 aliphatic heterocycles. The van der Waals surface area contributed by atoms with Gasteiger partial charge in [-0.1, -0.05) is 6.07 Å². The molecule has 0 unspecified atom stereocenters. The van der Waals surface area contributed by atoms with E-state index in [4.69, 9.17) is 14.2 Å². The SMILES string of the molecule is COc1ccc(NC(=O)CN2CC(=O)Oc3ccc(C)cc32)c(OC)c1. The van der Waals surface area contributed by atoms with Gasteiger partial charge in [-0.25, -0.2) is 4.79 Å². The van der Waals surface area contributed by atoms with Crippen molar-refractivity contribution in [3.8, 4) is 17.2 Å². The summed E-state index contributed by atoms with van der Waals surface area (Å²) in [6.07, 6.45) is 0. The number of esters is 1. The highest BCUT2D eigenvalue weighted by Crippen LogP contribution is 2.33. The van der Waals surface area contributed by atoms with Crippen molar-refractivity contribution in [2.24, 2.45) is 0 Å². The highest BCUT2D eigenvalue weighted by Gasteiger charge is 2.26. The average molecular weight is 356 g/mol. The topological polar surface area (TPSA) is 77.1 Å². The minimum Gasteiger partial charge on any atom is -0.497 e. The third-order valence-electron chi connectivity index (χ3n) is 4.02. The predicted octanol–water partition coefficient (Wildman–Crippen LogP) is 2.38. The van der Waals surface area contributed by atoms with Crippen LogP contribution in [0.3, 0.4) is 0 Å². The van der Waals surface area contributed by atoms with Crippen LogP contribution in [0.4, 0.5) is 11.4 Å². The van der Waals surface area contributed by atoms with E-state index in [1.165, 1.54) is 7.11 Å². The Bertz CT molecular complexity index is 850. The van der Waals surface area contributed by atoms with Crippen LogP contribution in [0, 0.1) is 6.92 Å². The van der Waals surface area contributed by atoms with E-state index in [1.54, 1.807) is 36.3 Å². The van der Waals surface area contributed by atoms with Crippen molar-refractivity contribution in [1.29, 1.82) is 0 Å². The lowest BCUT2D eigenvalue weighted by Gasteiger charge is -2.29. The summed E-state index contributed by atoms with van der Waals surface area (Å²) >= 11 is 0.